The number of esters is 1. The highest BCUT2D eigenvalue weighted by Gasteiger charge is 2.13. The highest BCUT2D eigenvalue weighted by molar-refractivity contribution is 5.96. The fourth-order valence-corrected chi connectivity index (χ4v) is 1.65. The largest absolute Gasteiger partial charge is 0.461 e. The Kier molecular flexibility index (Phi) is 4.24. The van der Waals surface area contributed by atoms with Crippen LogP contribution < -0.4 is 0 Å². The van der Waals surface area contributed by atoms with Gasteiger partial charge in [0, 0.05) is 5.56 Å². The molecule has 0 saturated heterocycles. The standard InChI is InChI=1S/C14H15N3O3/c1-3-20-14(19)12-8-17(16-15-12)9-13(18)11-6-4-10(2)5-7-11/h4-8H,3,9H2,1-2H3. The number of ketones is 1. The second-order valence-electron chi connectivity index (χ2n) is 4.31. The van der Waals surface area contributed by atoms with Crippen LogP contribution in [0.2, 0.25) is 0 Å². The molecule has 0 aliphatic carbocycles. The summed E-state index contributed by atoms with van der Waals surface area (Å²) in [5.74, 6) is -0.633. The van der Waals surface area contributed by atoms with Gasteiger partial charge in [0.15, 0.2) is 11.5 Å². The van der Waals surface area contributed by atoms with Crippen molar-refractivity contribution >= 4 is 11.8 Å². The van der Waals surface area contributed by atoms with Gasteiger partial charge in [0.05, 0.1) is 12.8 Å². The van der Waals surface area contributed by atoms with Crippen molar-refractivity contribution in [1.82, 2.24) is 15.0 Å². The van der Waals surface area contributed by atoms with Gasteiger partial charge in [-0.25, -0.2) is 9.48 Å². The van der Waals surface area contributed by atoms with Crippen molar-refractivity contribution in [3.63, 3.8) is 0 Å². The van der Waals surface area contributed by atoms with Crippen molar-refractivity contribution in [1.29, 1.82) is 0 Å². The average Bonchev–Trinajstić information content (AvgIpc) is 2.88. The maximum absolute atomic E-state index is 12.0. The van der Waals surface area contributed by atoms with Crippen LogP contribution in [-0.2, 0) is 11.3 Å². The predicted molar refractivity (Wildman–Crippen MR) is 71.5 cm³/mol. The first-order chi connectivity index (χ1) is 9.60. The monoisotopic (exact) mass is 273 g/mol. The van der Waals surface area contributed by atoms with Gasteiger partial charge in [-0.2, -0.15) is 0 Å². The second-order valence-corrected chi connectivity index (χ2v) is 4.31. The van der Waals surface area contributed by atoms with E-state index in [-0.39, 0.29) is 24.6 Å². The number of hydrogen-bond acceptors (Lipinski definition) is 5. The SMILES string of the molecule is CCOC(=O)c1cn(CC(=O)c2ccc(C)cc2)nn1. The number of benzene rings is 1. The maximum atomic E-state index is 12.0. The fourth-order valence-electron chi connectivity index (χ4n) is 1.65. The van der Waals surface area contributed by atoms with Gasteiger partial charge < -0.3 is 4.74 Å². The minimum Gasteiger partial charge on any atom is -0.461 e. The Morgan fingerprint density at radius 1 is 1.25 bits per heavy atom. The highest BCUT2D eigenvalue weighted by atomic mass is 16.5. The molecular formula is C14H15N3O3. The maximum Gasteiger partial charge on any atom is 0.360 e. The Hall–Kier alpha value is -2.50. The van der Waals surface area contributed by atoms with Crippen molar-refractivity contribution in [2.45, 2.75) is 20.4 Å². The number of carbonyl (C=O) groups is 2. The zero-order valence-electron chi connectivity index (χ0n) is 11.4. The lowest BCUT2D eigenvalue weighted by atomic mass is 10.1. The topological polar surface area (TPSA) is 74.1 Å². The summed E-state index contributed by atoms with van der Waals surface area (Å²) >= 11 is 0. The molecule has 6 nitrogen and oxygen atoms in total. The number of carbonyl (C=O) groups excluding carboxylic acids is 2. The molecule has 0 radical (unpaired) electrons. The third-order valence-corrected chi connectivity index (χ3v) is 2.70. The first-order valence-corrected chi connectivity index (χ1v) is 6.27. The summed E-state index contributed by atoms with van der Waals surface area (Å²) in [6, 6.07) is 7.28. The molecular weight excluding hydrogens is 258 g/mol. The number of aromatic nitrogens is 3. The van der Waals surface area contributed by atoms with E-state index in [1.807, 2.05) is 19.1 Å². The van der Waals surface area contributed by atoms with E-state index in [4.69, 9.17) is 4.74 Å². The van der Waals surface area contributed by atoms with Crippen molar-refractivity contribution in [3.8, 4) is 0 Å². The Morgan fingerprint density at radius 2 is 1.95 bits per heavy atom. The van der Waals surface area contributed by atoms with Crippen molar-refractivity contribution in [2.24, 2.45) is 0 Å². The summed E-state index contributed by atoms with van der Waals surface area (Å²) in [6.45, 7) is 3.98. The number of ether oxygens (including phenoxy) is 1. The first kappa shape index (κ1) is 13.9. The fraction of sp³-hybridized carbons (Fsp3) is 0.286. The van der Waals surface area contributed by atoms with Crippen LogP contribution in [0.4, 0.5) is 0 Å². The molecule has 0 atom stereocenters. The summed E-state index contributed by atoms with van der Waals surface area (Å²) in [6.07, 6.45) is 1.41. The summed E-state index contributed by atoms with van der Waals surface area (Å²) in [5.41, 5.74) is 1.79. The first-order valence-electron chi connectivity index (χ1n) is 6.27. The van der Waals surface area contributed by atoms with Gasteiger partial charge in [0.25, 0.3) is 0 Å². The Bertz CT molecular complexity index is 617. The lowest BCUT2D eigenvalue weighted by Gasteiger charge is -2.01. The van der Waals surface area contributed by atoms with Crippen LogP contribution in [0, 0.1) is 6.92 Å². The summed E-state index contributed by atoms with van der Waals surface area (Å²) in [7, 11) is 0. The number of hydrogen-bond donors (Lipinski definition) is 0. The Morgan fingerprint density at radius 3 is 2.60 bits per heavy atom. The summed E-state index contributed by atoms with van der Waals surface area (Å²) in [4.78, 5) is 23.5. The number of nitrogens with zero attached hydrogens (tertiary/aromatic N) is 3. The minimum atomic E-state index is -0.540. The smallest absolute Gasteiger partial charge is 0.360 e. The molecule has 0 N–H and O–H groups in total. The van der Waals surface area contributed by atoms with Crippen LogP contribution in [0.1, 0.15) is 33.3 Å². The van der Waals surface area contributed by atoms with E-state index in [1.54, 1.807) is 19.1 Å². The van der Waals surface area contributed by atoms with Crippen molar-refractivity contribution in [3.05, 3.63) is 47.3 Å². The number of aryl methyl sites for hydroxylation is 1. The third kappa shape index (κ3) is 3.28. The third-order valence-electron chi connectivity index (χ3n) is 2.70. The highest BCUT2D eigenvalue weighted by Crippen LogP contribution is 2.06. The molecule has 2 rings (SSSR count). The van der Waals surface area contributed by atoms with Gasteiger partial charge in [0.2, 0.25) is 0 Å². The van der Waals surface area contributed by atoms with Crippen molar-refractivity contribution in [2.75, 3.05) is 6.61 Å². The normalized spacial score (nSPS) is 10.3. The van der Waals surface area contributed by atoms with E-state index >= 15 is 0 Å². The quantitative estimate of drug-likeness (QED) is 0.611. The molecule has 0 aliphatic rings. The van der Waals surface area contributed by atoms with E-state index in [2.05, 4.69) is 10.3 Å². The molecule has 6 heteroatoms. The van der Waals surface area contributed by atoms with Crippen molar-refractivity contribution < 1.29 is 14.3 Å². The van der Waals surface area contributed by atoms with E-state index in [0.29, 0.717) is 5.56 Å². The molecule has 0 amide bonds. The minimum absolute atomic E-state index is 0.0372. The molecule has 0 unspecified atom stereocenters. The van der Waals surface area contributed by atoms with Crippen LogP contribution in [0.25, 0.3) is 0 Å². The zero-order valence-corrected chi connectivity index (χ0v) is 11.4. The van der Waals surface area contributed by atoms with Crippen LogP contribution in [-0.4, -0.2) is 33.4 Å². The number of Topliss-reactive ketones (excluding diaryl/α,β-unsaturated/α-hetero) is 1. The Labute approximate surface area is 116 Å². The van der Waals surface area contributed by atoms with E-state index in [9.17, 15) is 9.59 Å². The van der Waals surface area contributed by atoms with Gasteiger partial charge in [-0.3, -0.25) is 4.79 Å². The summed E-state index contributed by atoms with van der Waals surface area (Å²) < 4.78 is 6.13. The van der Waals surface area contributed by atoms with Crippen LogP contribution in [0.15, 0.2) is 30.5 Å². The number of rotatable bonds is 5. The van der Waals surface area contributed by atoms with Gasteiger partial charge in [-0.05, 0) is 13.8 Å². The van der Waals surface area contributed by atoms with Gasteiger partial charge >= 0.3 is 5.97 Å². The molecule has 1 aromatic carbocycles. The molecule has 0 saturated carbocycles. The summed E-state index contributed by atoms with van der Waals surface area (Å²) in [5, 5.41) is 7.43. The molecule has 0 spiro atoms. The van der Waals surface area contributed by atoms with Crippen LogP contribution in [0.3, 0.4) is 0 Å². The molecule has 1 aromatic heterocycles. The zero-order chi connectivity index (χ0) is 14.5. The molecule has 0 fully saturated rings. The second kappa shape index (κ2) is 6.10. The molecule has 1 heterocycles. The van der Waals surface area contributed by atoms with Crippen LogP contribution >= 0.6 is 0 Å². The Balaban J connectivity index is 2.05. The van der Waals surface area contributed by atoms with E-state index in [1.165, 1.54) is 10.9 Å². The molecule has 104 valence electrons. The lowest BCUT2D eigenvalue weighted by molar-refractivity contribution is 0.0519. The molecule has 20 heavy (non-hydrogen) atoms. The van der Waals surface area contributed by atoms with Gasteiger partial charge in [-0.1, -0.05) is 35.0 Å². The lowest BCUT2D eigenvalue weighted by Crippen LogP contribution is -2.11. The van der Waals surface area contributed by atoms with Crippen LogP contribution in [0.5, 0.6) is 0 Å². The molecule has 0 aliphatic heterocycles. The average molecular weight is 273 g/mol. The van der Waals surface area contributed by atoms with E-state index in [0.717, 1.165) is 5.56 Å². The van der Waals surface area contributed by atoms with Gasteiger partial charge in [-0.15, -0.1) is 5.10 Å². The van der Waals surface area contributed by atoms with Gasteiger partial charge in [0.1, 0.15) is 6.54 Å². The van der Waals surface area contributed by atoms with E-state index < -0.39 is 5.97 Å². The molecule has 0 bridgehead atoms. The predicted octanol–water partition coefficient (Wildman–Crippen LogP) is 1.65. The molecule has 2 aromatic rings.